The lowest BCUT2D eigenvalue weighted by Gasteiger charge is -2.17. The number of methoxy groups -OCH3 is 1. The fraction of sp³-hybridized carbons (Fsp3) is 0.412. The molecule has 128 valence electrons. The second kappa shape index (κ2) is 6.52. The first kappa shape index (κ1) is 16.3. The summed E-state index contributed by atoms with van der Waals surface area (Å²) in [6, 6.07) is 6.28. The Hall–Kier alpha value is -2.54. The predicted octanol–water partition coefficient (Wildman–Crippen LogP) is 1.60. The van der Waals surface area contributed by atoms with E-state index in [9.17, 15) is 9.90 Å². The fourth-order valence-corrected chi connectivity index (χ4v) is 3.14. The topological polar surface area (TPSA) is 102 Å². The number of benzene rings is 1. The van der Waals surface area contributed by atoms with Crippen molar-refractivity contribution in [1.29, 1.82) is 0 Å². The monoisotopic (exact) mass is 331 g/mol. The number of carbonyl (C=O) groups excluding carboxylic acids is 1. The molecular formula is C17H21N3O4. The molecule has 0 spiro atoms. The van der Waals surface area contributed by atoms with Crippen LogP contribution in [0.1, 0.15) is 21.8 Å². The van der Waals surface area contributed by atoms with Gasteiger partial charge in [-0.2, -0.15) is 0 Å². The third kappa shape index (κ3) is 3.21. The number of rotatable bonds is 4. The molecule has 1 fully saturated rings. The highest BCUT2D eigenvalue weighted by Gasteiger charge is 2.36. The van der Waals surface area contributed by atoms with Crippen LogP contribution < -0.4 is 5.73 Å². The van der Waals surface area contributed by atoms with Gasteiger partial charge in [-0.25, -0.2) is 0 Å². The van der Waals surface area contributed by atoms with E-state index in [2.05, 4.69) is 5.16 Å². The maximum atomic E-state index is 12.7. The number of nitrogen functional groups attached to an aromatic ring is 1. The molecule has 0 bridgehead atoms. The molecule has 24 heavy (non-hydrogen) atoms. The summed E-state index contributed by atoms with van der Waals surface area (Å²) in [5.41, 5.74) is 7.36. The Morgan fingerprint density at radius 2 is 2.25 bits per heavy atom. The smallest absolute Gasteiger partial charge is 0.256 e. The zero-order chi connectivity index (χ0) is 17.3. The summed E-state index contributed by atoms with van der Waals surface area (Å²) in [6.07, 6.45) is 0.566. The van der Waals surface area contributed by atoms with Gasteiger partial charge in [0, 0.05) is 44.3 Å². The normalized spacial score (nSPS) is 20.5. The highest BCUT2D eigenvalue weighted by atomic mass is 16.5. The van der Waals surface area contributed by atoms with Crippen molar-refractivity contribution in [1.82, 2.24) is 10.1 Å². The minimum absolute atomic E-state index is 0.0173. The number of hydrogen-bond acceptors (Lipinski definition) is 6. The fourth-order valence-electron chi connectivity index (χ4n) is 3.14. The van der Waals surface area contributed by atoms with Crippen LogP contribution in [0.5, 0.6) is 5.75 Å². The standard InChI is InChI=1S/C17H21N3O4/c1-10-5-13(24-19-10)6-11-8-20(9-16(11)23-2)17(22)14-7-12(21)3-4-15(14)18/h3-5,7,11,16,21H,6,8-9,18H2,1-2H3/t11-,16+/m1/s1. The van der Waals surface area contributed by atoms with Gasteiger partial charge in [0.05, 0.1) is 17.4 Å². The van der Waals surface area contributed by atoms with E-state index in [1.54, 1.807) is 12.0 Å². The first-order valence-electron chi connectivity index (χ1n) is 7.80. The van der Waals surface area contributed by atoms with E-state index >= 15 is 0 Å². The Morgan fingerprint density at radius 1 is 1.46 bits per heavy atom. The molecule has 0 aliphatic carbocycles. The highest BCUT2D eigenvalue weighted by molar-refractivity contribution is 5.99. The summed E-state index contributed by atoms with van der Waals surface area (Å²) in [7, 11) is 1.64. The Bertz CT molecular complexity index is 743. The molecule has 1 amide bonds. The Kier molecular flexibility index (Phi) is 4.44. The molecule has 1 aromatic carbocycles. The van der Waals surface area contributed by atoms with Crippen LogP contribution in [0.25, 0.3) is 0 Å². The molecular weight excluding hydrogens is 310 g/mol. The molecule has 2 aromatic rings. The molecule has 7 nitrogen and oxygen atoms in total. The number of amides is 1. The SMILES string of the molecule is CO[C@H]1CN(C(=O)c2cc(O)ccc2N)C[C@H]1Cc1cc(C)no1. The van der Waals surface area contributed by atoms with E-state index in [0.717, 1.165) is 11.5 Å². The van der Waals surface area contributed by atoms with Gasteiger partial charge in [-0.05, 0) is 25.1 Å². The molecule has 3 N–H and O–H groups in total. The Balaban J connectivity index is 1.75. The van der Waals surface area contributed by atoms with Crippen molar-refractivity contribution < 1.29 is 19.2 Å². The number of phenolic OH excluding ortho intramolecular Hbond substituents is 1. The summed E-state index contributed by atoms with van der Waals surface area (Å²) < 4.78 is 10.8. The van der Waals surface area contributed by atoms with Gasteiger partial charge in [0.25, 0.3) is 5.91 Å². The van der Waals surface area contributed by atoms with Gasteiger partial charge in [0.1, 0.15) is 11.5 Å². The van der Waals surface area contributed by atoms with Crippen LogP contribution in [-0.2, 0) is 11.2 Å². The molecule has 2 atom stereocenters. The van der Waals surface area contributed by atoms with Gasteiger partial charge in [-0.1, -0.05) is 5.16 Å². The minimum Gasteiger partial charge on any atom is -0.508 e. The van der Waals surface area contributed by atoms with Gasteiger partial charge < -0.3 is 25.0 Å². The number of phenols is 1. The second-order valence-electron chi connectivity index (χ2n) is 6.15. The number of likely N-dealkylation sites (tertiary alicyclic amines) is 1. The quantitative estimate of drug-likeness (QED) is 0.652. The van der Waals surface area contributed by atoms with Gasteiger partial charge >= 0.3 is 0 Å². The van der Waals surface area contributed by atoms with Gasteiger partial charge in [0.15, 0.2) is 0 Å². The van der Waals surface area contributed by atoms with Crippen LogP contribution in [0.3, 0.4) is 0 Å². The van der Waals surface area contributed by atoms with Crippen molar-refractivity contribution in [3.8, 4) is 5.75 Å². The predicted molar refractivity (Wildman–Crippen MR) is 87.7 cm³/mol. The molecule has 7 heteroatoms. The first-order chi connectivity index (χ1) is 11.5. The molecule has 2 heterocycles. The summed E-state index contributed by atoms with van der Waals surface area (Å²) in [5.74, 6) is 0.709. The lowest BCUT2D eigenvalue weighted by Crippen LogP contribution is -2.30. The molecule has 1 aliphatic heterocycles. The first-order valence-corrected chi connectivity index (χ1v) is 7.80. The van der Waals surface area contributed by atoms with Gasteiger partial charge in [-0.3, -0.25) is 4.79 Å². The molecule has 0 saturated carbocycles. The van der Waals surface area contributed by atoms with Crippen LogP contribution in [0.15, 0.2) is 28.8 Å². The average molecular weight is 331 g/mol. The number of nitrogens with zero attached hydrogens (tertiary/aromatic N) is 2. The van der Waals surface area contributed by atoms with E-state index in [1.165, 1.54) is 18.2 Å². The number of anilines is 1. The lowest BCUT2D eigenvalue weighted by atomic mass is 10.0. The number of hydrogen-bond donors (Lipinski definition) is 2. The zero-order valence-electron chi connectivity index (χ0n) is 13.7. The van der Waals surface area contributed by atoms with Crippen LogP contribution in [-0.4, -0.2) is 47.4 Å². The average Bonchev–Trinajstić information content (AvgIpc) is 3.15. The Labute approximate surface area is 140 Å². The number of ether oxygens (including phenoxy) is 1. The van der Waals surface area contributed by atoms with Crippen molar-refractivity contribution in [3.63, 3.8) is 0 Å². The molecule has 1 aromatic heterocycles. The van der Waals surface area contributed by atoms with E-state index in [0.29, 0.717) is 30.8 Å². The van der Waals surface area contributed by atoms with Gasteiger partial charge in [-0.15, -0.1) is 0 Å². The maximum absolute atomic E-state index is 12.7. The number of carbonyl (C=O) groups is 1. The van der Waals surface area contributed by atoms with Crippen molar-refractivity contribution in [2.45, 2.75) is 19.4 Å². The third-order valence-electron chi connectivity index (χ3n) is 4.38. The second-order valence-corrected chi connectivity index (χ2v) is 6.15. The van der Waals surface area contributed by atoms with Crippen molar-refractivity contribution in [2.24, 2.45) is 5.92 Å². The van der Waals surface area contributed by atoms with E-state index in [4.69, 9.17) is 15.0 Å². The number of aromatic nitrogens is 1. The van der Waals surface area contributed by atoms with Crippen LogP contribution >= 0.6 is 0 Å². The summed E-state index contributed by atoms with van der Waals surface area (Å²) >= 11 is 0. The number of aryl methyl sites for hydroxylation is 1. The minimum atomic E-state index is -0.207. The largest absolute Gasteiger partial charge is 0.508 e. The van der Waals surface area contributed by atoms with E-state index in [-0.39, 0.29) is 23.7 Å². The zero-order valence-corrected chi connectivity index (χ0v) is 13.7. The summed E-state index contributed by atoms with van der Waals surface area (Å²) in [4.78, 5) is 14.4. The van der Waals surface area contributed by atoms with E-state index < -0.39 is 0 Å². The molecule has 0 radical (unpaired) electrons. The highest BCUT2D eigenvalue weighted by Crippen LogP contribution is 2.27. The molecule has 3 rings (SSSR count). The molecule has 1 aliphatic rings. The Morgan fingerprint density at radius 3 is 2.92 bits per heavy atom. The van der Waals surface area contributed by atoms with Crippen LogP contribution in [0, 0.1) is 12.8 Å². The van der Waals surface area contributed by atoms with Crippen molar-refractivity contribution in [3.05, 3.63) is 41.3 Å². The lowest BCUT2D eigenvalue weighted by molar-refractivity contribution is 0.0673. The molecule has 0 unspecified atom stereocenters. The van der Waals surface area contributed by atoms with Gasteiger partial charge in [0.2, 0.25) is 0 Å². The van der Waals surface area contributed by atoms with Crippen molar-refractivity contribution in [2.75, 3.05) is 25.9 Å². The maximum Gasteiger partial charge on any atom is 0.256 e. The number of aromatic hydroxyl groups is 1. The third-order valence-corrected chi connectivity index (χ3v) is 4.38. The van der Waals surface area contributed by atoms with E-state index in [1.807, 2.05) is 13.0 Å². The molecule has 1 saturated heterocycles. The summed E-state index contributed by atoms with van der Waals surface area (Å²) in [5, 5.41) is 13.5. The van der Waals surface area contributed by atoms with Crippen molar-refractivity contribution >= 4 is 11.6 Å². The summed E-state index contributed by atoms with van der Waals surface area (Å²) in [6.45, 7) is 2.88. The number of nitrogens with two attached hydrogens (primary N) is 1. The van der Waals surface area contributed by atoms with Crippen LogP contribution in [0.2, 0.25) is 0 Å². The van der Waals surface area contributed by atoms with Crippen LogP contribution in [0.4, 0.5) is 5.69 Å².